The largest absolute Gasteiger partial charge is 0.315 e. The molecule has 0 spiro atoms. The molecule has 0 aliphatic carbocycles. The Labute approximate surface area is 131 Å². The highest BCUT2D eigenvalue weighted by molar-refractivity contribution is 6.46. The van der Waals surface area contributed by atoms with Crippen LogP contribution in [0, 0.1) is 6.92 Å². The van der Waals surface area contributed by atoms with E-state index >= 15 is 0 Å². The maximum Gasteiger partial charge on any atom is 0.315 e. The van der Waals surface area contributed by atoms with E-state index in [-0.39, 0.29) is 15.7 Å². The summed E-state index contributed by atoms with van der Waals surface area (Å²) in [6, 6.07) is 8.18. The monoisotopic (exact) mass is 323 g/mol. The van der Waals surface area contributed by atoms with E-state index in [4.69, 9.17) is 23.2 Å². The molecule has 0 saturated carbocycles. The number of halogens is 2. The average Bonchev–Trinajstić information content (AvgIpc) is 2.43. The molecule has 2 rings (SSSR count). The number of hydrogen-bond acceptors (Lipinski definition) is 3. The second-order valence-corrected chi connectivity index (χ2v) is 5.04. The molecule has 0 aliphatic rings. The van der Waals surface area contributed by atoms with Crippen LogP contribution in [0.15, 0.2) is 36.5 Å². The van der Waals surface area contributed by atoms with E-state index in [2.05, 4.69) is 15.6 Å². The van der Waals surface area contributed by atoms with Crippen molar-refractivity contribution in [3.63, 3.8) is 0 Å². The fourth-order valence-electron chi connectivity index (χ4n) is 1.57. The van der Waals surface area contributed by atoms with Crippen LogP contribution in [-0.2, 0) is 9.59 Å². The lowest BCUT2D eigenvalue weighted by molar-refractivity contribution is -0.133. The molecule has 2 aromatic rings. The molecule has 0 unspecified atom stereocenters. The Balaban J connectivity index is 2.08. The van der Waals surface area contributed by atoms with Crippen molar-refractivity contribution in [1.82, 2.24) is 4.98 Å². The molecule has 2 amide bonds. The van der Waals surface area contributed by atoms with Gasteiger partial charge in [-0.25, -0.2) is 4.98 Å². The van der Waals surface area contributed by atoms with Crippen molar-refractivity contribution in [3.05, 3.63) is 52.1 Å². The quantitative estimate of drug-likeness (QED) is 0.833. The predicted octanol–water partition coefficient (Wildman–Crippen LogP) is 3.27. The van der Waals surface area contributed by atoms with Crippen LogP contribution in [0.3, 0.4) is 0 Å². The van der Waals surface area contributed by atoms with Gasteiger partial charge in [0.1, 0.15) is 5.82 Å². The van der Waals surface area contributed by atoms with Crippen LogP contribution in [0.5, 0.6) is 0 Å². The highest BCUT2D eigenvalue weighted by atomic mass is 35.5. The van der Waals surface area contributed by atoms with Gasteiger partial charge >= 0.3 is 11.8 Å². The van der Waals surface area contributed by atoms with Crippen molar-refractivity contribution >= 4 is 46.5 Å². The molecule has 0 fully saturated rings. The minimum absolute atomic E-state index is 0.193. The zero-order valence-corrected chi connectivity index (χ0v) is 12.5. The van der Waals surface area contributed by atoms with Gasteiger partial charge in [-0.1, -0.05) is 29.3 Å². The number of nitrogens with zero attached hydrogens (tertiary/aromatic N) is 1. The summed E-state index contributed by atoms with van der Waals surface area (Å²) in [4.78, 5) is 27.6. The molecule has 0 atom stereocenters. The van der Waals surface area contributed by atoms with Gasteiger partial charge in [0.05, 0.1) is 15.7 Å². The number of aryl methyl sites for hydroxylation is 1. The summed E-state index contributed by atoms with van der Waals surface area (Å²) < 4.78 is 0. The van der Waals surface area contributed by atoms with Gasteiger partial charge in [0, 0.05) is 6.20 Å². The topological polar surface area (TPSA) is 71.1 Å². The second-order valence-electron chi connectivity index (χ2n) is 4.22. The van der Waals surface area contributed by atoms with Crippen molar-refractivity contribution in [3.8, 4) is 0 Å². The molecule has 2 N–H and O–H groups in total. The lowest BCUT2D eigenvalue weighted by Crippen LogP contribution is -2.29. The minimum Gasteiger partial charge on any atom is -0.315 e. The van der Waals surface area contributed by atoms with Crippen LogP contribution < -0.4 is 10.6 Å². The van der Waals surface area contributed by atoms with Gasteiger partial charge in [-0.3, -0.25) is 9.59 Å². The van der Waals surface area contributed by atoms with Gasteiger partial charge in [-0.05, 0) is 36.8 Å². The van der Waals surface area contributed by atoms with Crippen molar-refractivity contribution < 1.29 is 9.59 Å². The Kier molecular flexibility index (Phi) is 4.77. The molecule has 108 valence electrons. The van der Waals surface area contributed by atoms with Crippen LogP contribution in [0.1, 0.15) is 5.56 Å². The summed E-state index contributed by atoms with van der Waals surface area (Å²) in [6.07, 6.45) is 1.54. The number of carbonyl (C=O) groups excluding carboxylic acids is 2. The number of amides is 2. The second kappa shape index (κ2) is 6.56. The Morgan fingerprint density at radius 1 is 1.05 bits per heavy atom. The Morgan fingerprint density at radius 3 is 2.29 bits per heavy atom. The van der Waals surface area contributed by atoms with Crippen molar-refractivity contribution in [1.29, 1.82) is 0 Å². The molecule has 7 heteroatoms. The first-order valence-electron chi connectivity index (χ1n) is 5.96. The summed E-state index contributed by atoms with van der Waals surface area (Å²) in [7, 11) is 0. The Bertz CT molecular complexity index is 684. The molecule has 0 bridgehead atoms. The standard InChI is InChI=1S/C14H11Cl2N3O2/c1-8-5-6-17-11(7-8)18-13(20)14(21)19-12-9(15)3-2-4-10(12)16/h2-7H,1H3,(H,19,21)(H,17,18,20). The average molecular weight is 324 g/mol. The van der Waals surface area contributed by atoms with E-state index in [0.29, 0.717) is 5.82 Å². The Hall–Kier alpha value is -2.11. The van der Waals surface area contributed by atoms with Crippen molar-refractivity contribution in [2.45, 2.75) is 6.92 Å². The van der Waals surface area contributed by atoms with E-state index < -0.39 is 11.8 Å². The predicted molar refractivity (Wildman–Crippen MR) is 82.7 cm³/mol. The molecule has 1 aromatic carbocycles. The van der Waals surface area contributed by atoms with Gasteiger partial charge in [0.25, 0.3) is 0 Å². The SMILES string of the molecule is Cc1ccnc(NC(=O)C(=O)Nc2c(Cl)cccc2Cl)c1. The van der Waals surface area contributed by atoms with Gasteiger partial charge < -0.3 is 10.6 Å². The normalized spacial score (nSPS) is 10.0. The van der Waals surface area contributed by atoms with Crippen LogP contribution in [0.4, 0.5) is 11.5 Å². The summed E-state index contributed by atoms with van der Waals surface area (Å²) in [6.45, 7) is 1.85. The van der Waals surface area contributed by atoms with Gasteiger partial charge in [0.2, 0.25) is 0 Å². The molecule has 0 aliphatic heterocycles. The van der Waals surface area contributed by atoms with Gasteiger partial charge in [-0.2, -0.15) is 0 Å². The molecule has 21 heavy (non-hydrogen) atoms. The van der Waals surface area contributed by atoms with Crippen molar-refractivity contribution in [2.24, 2.45) is 0 Å². The zero-order chi connectivity index (χ0) is 15.4. The molecule has 5 nitrogen and oxygen atoms in total. The van der Waals surface area contributed by atoms with Gasteiger partial charge in [0.15, 0.2) is 0 Å². The molecular weight excluding hydrogens is 313 g/mol. The van der Waals surface area contributed by atoms with Crippen LogP contribution >= 0.6 is 23.2 Å². The Morgan fingerprint density at radius 2 is 1.67 bits per heavy atom. The molecule has 0 saturated heterocycles. The number of nitrogens with one attached hydrogen (secondary N) is 2. The molecule has 0 radical (unpaired) electrons. The molecule has 1 heterocycles. The third-order valence-electron chi connectivity index (χ3n) is 2.56. The van der Waals surface area contributed by atoms with E-state index in [1.807, 2.05) is 6.92 Å². The van der Waals surface area contributed by atoms with E-state index in [9.17, 15) is 9.59 Å². The molecular formula is C14H11Cl2N3O2. The maximum atomic E-state index is 11.8. The zero-order valence-electron chi connectivity index (χ0n) is 11.0. The third-order valence-corrected chi connectivity index (χ3v) is 3.19. The number of benzene rings is 1. The van der Waals surface area contributed by atoms with Crippen molar-refractivity contribution in [2.75, 3.05) is 10.6 Å². The first-order valence-corrected chi connectivity index (χ1v) is 6.72. The summed E-state index contributed by atoms with van der Waals surface area (Å²) in [5.41, 5.74) is 1.10. The number of hydrogen-bond donors (Lipinski definition) is 2. The smallest absolute Gasteiger partial charge is 0.315 e. The third kappa shape index (κ3) is 3.93. The first-order chi connectivity index (χ1) is 9.97. The van der Waals surface area contributed by atoms with Crippen LogP contribution in [0.25, 0.3) is 0 Å². The summed E-state index contributed by atoms with van der Waals surface area (Å²) in [5, 5.41) is 5.26. The number of para-hydroxylation sites is 1. The highest BCUT2D eigenvalue weighted by Gasteiger charge is 2.17. The number of aromatic nitrogens is 1. The first kappa shape index (κ1) is 15.3. The number of rotatable bonds is 2. The van der Waals surface area contributed by atoms with Gasteiger partial charge in [-0.15, -0.1) is 0 Å². The number of carbonyl (C=O) groups is 2. The van der Waals surface area contributed by atoms with E-state index in [0.717, 1.165) is 5.56 Å². The lowest BCUT2D eigenvalue weighted by atomic mass is 10.3. The highest BCUT2D eigenvalue weighted by Crippen LogP contribution is 2.29. The summed E-state index contributed by atoms with van der Waals surface area (Å²) >= 11 is 11.8. The number of pyridine rings is 1. The fraction of sp³-hybridized carbons (Fsp3) is 0.0714. The minimum atomic E-state index is -0.881. The van der Waals surface area contributed by atoms with E-state index in [1.165, 1.54) is 6.20 Å². The number of anilines is 2. The lowest BCUT2D eigenvalue weighted by Gasteiger charge is -2.09. The molecule has 1 aromatic heterocycles. The fourth-order valence-corrected chi connectivity index (χ4v) is 2.06. The van der Waals surface area contributed by atoms with E-state index in [1.54, 1.807) is 30.3 Å². The van der Waals surface area contributed by atoms with Crippen LogP contribution in [-0.4, -0.2) is 16.8 Å². The summed E-state index contributed by atoms with van der Waals surface area (Å²) in [5.74, 6) is -1.45. The van der Waals surface area contributed by atoms with Crippen LogP contribution in [0.2, 0.25) is 10.0 Å². The maximum absolute atomic E-state index is 11.8.